The first-order chi connectivity index (χ1) is 11.2. The van der Waals surface area contributed by atoms with Crippen LogP contribution in [-0.4, -0.2) is 18.6 Å². The Kier molecular flexibility index (Phi) is 4.03. The third kappa shape index (κ3) is 3.04. The van der Waals surface area contributed by atoms with Gasteiger partial charge < -0.3 is 10.1 Å². The van der Waals surface area contributed by atoms with E-state index in [2.05, 4.69) is 17.5 Å². The molecule has 1 aliphatic carbocycles. The molecule has 1 amide bonds. The molecule has 0 spiro atoms. The van der Waals surface area contributed by atoms with Crippen molar-refractivity contribution < 1.29 is 9.53 Å². The van der Waals surface area contributed by atoms with Gasteiger partial charge in [-0.2, -0.15) is 5.26 Å². The van der Waals surface area contributed by atoms with E-state index in [1.807, 2.05) is 18.2 Å². The maximum atomic E-state index is 12.5. The summed E-state index contributed by atoms with van der Waals surface area (Å²) in [5.74, 6) is 0.469. The van der Waals surface area contributed by atoms with Crippen LogP contribution in [0.15, 0.2) is 48.5 Å². The Balaban J connectivity index is 1.79. The molecule has 0 unspecified atom stereocenters. The normalized spacial score (nSPS) is 19.3. The van der Waals surface area contributed by atoms with Gasteiger partial charge in [0.25, 0.3) is 5.91 Å². The largest absolute Gasteiger partial charge is 0.497 e. The Labute approximate surface area is 135 Å². The summed E-state index contributed by atoms with van der Waals surface area (Å²) in [7, 11) is 1.58. The van der Waals surface area contributed by atoms with Crippen molar-refractivity contribution in [3.63, 3.8) is 0 Å². The van der Waals surface area contributed by atoms with Crippen molar-refractivity contribution in [2.45, 2.75) is 24.8 Å². The van der Waals surface area contributed by atoms with Gasteiger partial charge in [0.1, 0.15) is 11.3 Å². The van der Waals surface area contributed by atoms with E-state index in [-0.39, 0.29) is 5.91 Å². The molecule has 1 atom stereocenters. The van der Waals surface area contributed by atoms with Crippen molar-refractivity contribution in [2.24, 2.45) is 0 Å². The molecule has 0 aromatic heterocycles. The Morgan fingerprint density at radius 2 is 1.87 bits per heavy atom. The fourth-order valence-corrected chi connectivity index (χ4v) is 3.00. The number of ether oxygens (including phenoxy) is 1. The van der Waals surface area contributed by atoms with E-state index >= 15 is 0 Å². The van der Waals surface area contributed by atoms with E-state index in [0.717, 1.165) is 12.0 Å². The molecule has 0 fully saturated rings. The number of aryl methyl sites for hydroxylation is 1. The molecule has 0 radical (unpaired) electrons. The zero-order valence-corrected chi connectivity index (χ0v) is 13.0. The highest BCUT2D eigenvalue weighted by Crippen LogP contribution is 2.28. The van der Waals surface area contributed by atoms with E-state index in [9.17, 15) is 10.1 Å². The minimum Gasteiger partial charge on any atom is -0.497 e. The molecule has 0 aliphatic heterocycles. The second kappa shape index (κ2) is 6.13. The number of benzene rings is 2. The number of nitrogens with zero attached hydrogens (tertiary/aromatic N) is 1. The highest BCUT2D eigenvalue weighted by atomic mass is 16.5. The summed E-state index contributed by atoms with van der Waals surface area (Å²) >= 11 is 0. The second-order valence-electron chi connectivity index (χ2n) is 5.82. The molecular formula is C19H18N2O2. The number of fused-ring (bicyclic) bond motifs is 1. The van der Waals surface area contributed by atoms with Gasteiger partial charge >= 0.3 is 0 Å². The molecule has 2 aromatic carbocycles. The standard InChI is InChI=1S/C19H18N2O2/c1-23-17-8-6-15(7-9-17)18(22)21-19(13-20)11-10-14-4-2-3-5-16(14)12-19/h2-9H,10-12H2,1H3,(H,21,22)/t19-/m1/s1. The number of methoxy groups -OCH3 is 1. The van der Waals surface area contributed by atoms with Crippen molar-refractivity contribution in [3.8, 4) is 11.8 Å². The molecule has 4 nitrogen and oxygen atoms in total. The van der Waals surface area contributed by atoms with Crippen LogP contribution in [0, 0.1) is 11.3 Å². The van der Waals surface area contributed by atoms with E-state index in [1.165, 1.54) is 5.56 Å². The number of nitriles is 1. The number of nitrogens with one attached hydrogen (secondary N) is 1. The van der Waals surface area contributed by atoms with Crippen LogP contribution in [0.25, 0.3) is 0 Å². The minimum atomic E-state index is -0.842. The van der Waals surface area contributed by atoms with Gasteiger partial charge in [-0.3, -0.25) is 4.79 Å². The number of amides is 1. The third-order valence-corrected chi connectivity index (χ3v) is 4.35. The van der Waals surface area contributed by atoms with Gasteiger partial charge in [0, 0.05) is 12.0 Å². The fraction of sp³-hybridized carbons (Fsp3) is 0.263. The van der Waals surface area contributed by atoms with E-state index in [0.29, 0.717) is 24.2 Å². The number of hydrogen-bond donors (Lipinski definition) is 1. The van der Waals surface area contributed by atoms with E-state index < -0.39 is 5.54 Å². The average molecular weight is 306 g/mol. The van der Waals surface area contributed by atoms with Crippen LogP contribution in [0.2, 0.25) is 0 Å². The summed E-state index contributed by atoms with van der Waals surface area (Å²) < 4.78 is 5.09. The molecule has 0 saturated carbocycles. The highest BCUT2D eigenvalue weighted by molar-refractivity contribution is 5.95. The highest BCUT2D eigenvalue weighted by Gasteiger charge is 2.36. The first-order valence-electron chi connectivity index (χ1n) is 7.60. The van der Waals surface area contributed by atoms with Gasteiger partial charge in [0.05, 0.1) is 13.2 Å². The molecule has 23 heavy (non-hydrogen) atoms. The average Bonchev–Trinajstić information content (AvgIpc) is 2.61. The van der Waals surface area contributed by atoms with Crippen molar-refractivity contribution in [1.29, 1.82) is 5.26 Å². The summed E-state index contributed by atoms with van der Waals surface area (Å²) in [6.45, 7) is 0. The number of carbonyl (C=O) groups excluding carboxylic acids is 1. The lowest BCUT2D eigenvalue weighted by Crippen LogP contribution is -2.51. The minimum absolute atomic E-state index is 0.228. The van der Waals surface area contributed by atoms with Crippen LogP contribution in [0.5, 0.6) is 5.75 Å². The molecule has 116 valence electrons. The Hall–Kier alpha value is -2.80. The van der Waals surface area contributed by atoms with Gasteiger partial charge in [-0.15, -0.1) is 0 Å². The Morgan fingerprint density at radius 1 is 1.17 bits per heavy atom. The van der Waals surface area contributed by atoms with Gasteiger partial charge in [-0.1, -0.05) is 24.3 Å². The summed E-state index contributed by atoms with van der Waals surface area (Å²) in [4.78, 5) is 12.5. The van der Waals surface area contributed by atoms with Gasteiger partial charge in [0.15, 0.2) is 0 Å². The van der Waals surface area contributed by atoms with E-state index in [1.54, 1.807) is 31.4 Å². The summed E-state index contributed by atoms with van der Waals surface area (Å²) in [5, 5.41) is 12.6. The van der Waals surface area contributed by atoms with Crippen molar-refractivity contribution in [3.05, 3.63) is 65.2 Å². The molecule has 0 bridgehead atoms. The van der Waals surface area contributed by atoms with Crippen LogP contribution < -0.4 is 10.1 Å². The molecule has 4 heteroatoms. The summed E-state index contributed by atoms with van der Waals surface area (Å²) in [6.07, 6.45) is 1.97. The maximum absolute atomic E-state index is 12.5. The van der Waals surface area contributed by atoms with Gasteiger partial charge in [0.2, 0.25) is 0 Å². The fourth-order valence-electron chi connectivity index (χ4n) is 3.00. The van der Waals surface area contributed by atoms with Crippen LogP contribution >= 0.6 is 0 Å². The quantitative estimate of drug-likeness (QED) is 0.948. The number of carbonyl (C=O) groups is 1. The molecule has 0 saturated heterocycles. The lowest BCUT2D eigenvalue weighted by atomic mass is 9.78. The van der Waals surface area contributed by atoms with Crippen LogP contribution in [0.1, 0.15) is 27.9 Å². The third-order valence-electron chi connectivity index (χ3n) is 4.35. The SMILES string of the molecule is COc1ccc(C(=O)N[C@]2(C#N)CCc3ccccc3C2)cc1. The molecular weight excluding hydrogens is 288 g/mol. The number of rotatable bonds is 3. The van der Waals surface area contributed by atoms with Gasteiger partial charge in [-0.25, -0.2) is 0 Å². The lowest BCUT2D eigenvalue weighted by Gasteiger charge is -2.33. The maximum Gasteiger partial charge on any atom is 0.252 e. The second-order valence-corrected chi connectivity index (χ2v) is 5.82. The van der Waals surface area contributed by atoms with Crippen molar-refractivity contribution in [2.75, 3.05) is 7.11 Å². The zero-order valence-electron chi connectivity index (χ0n) is 13.0. The number of hydrogen-bond acceptors (Lipinski definition) is 3. The first kappa shape index (κ1) is 15.1. The molecule has 0 heterocycles. The molecule has 3 rings (SSSR count). The van der Waals surface area contributed by atoms with Crippen molar-refractivity contribution in [1.82, 2.24) is 5.32 Å². The zero-order chi connectivity index (χ0) is 16.3. The van der Waals surface area contributed by atoms with Crippen LogP contribution in [0.3, 0.4) is 0 Å². The lowest BCUT2D eigenvalue weighted by molar-refractivity contribution is 0.0913. The molecule has 2 aromatic rings. The van der Waals surface area contributed by atoms with Crippen LogP contribution in [0.4, 0.5) is 0 Å². The van der Waals surface area contributed by atoms with Crippen molar-refractivity contribution >= 4 is 5.91 Å². The smallest absolute Gasteiger partial charge is 0.252 e. The Morgan fingerprint density at radius 3 is 2.52 bits per heavy atom. The molecule has 1 aliphatic rings. The predicted molar refractivity (Wildman–Crippen MR) is 87.3 cm³/mol. The molecule has 1 N–H and O–H groups in total. The first-order valence-corrected chi connectivity index (χ1v) is 7.60. The van der Waals surface area contributed by atoms with E-state index in [4.69, 9.17) is 4.74 Å². The monoisotopic (exact) mass is 306 g/mol. The predicted octanol–water partition coefficient (Wildman–Crippen LogP) is 2.88. The topological polar surface area (TPSA) is 62.1 Å². The van der Waals surface area contributed by atoms with Crippen LogP contribution in [-0.2, 0) is 12.8 Å². The Bertz CT molecular complexity index is 762. The van der Waals surface area contributed by atoms with Gasteiger partial charge in [-0.05, 0) is 48.2 Å². The summed E-state index contributed by atoms with van der Waals surface area (Å²) in [6, 6.07) is 17.3. The summed E-state index contributed by atoms with van der Waals surface area (Å²) in [5.41, 5.74) is 2.08.